The zero-order valence-corrected chi connectivity index (χ0v) is 14.4. The van der Waals surface area contributed by atoms with Gasteiger partial charge in [0.05, 0.1) is 5.56 Å². The molecule has 2 aromatic carbocycles. The first-order valence-electron chi connectivity index (χ1n) is 7.98. The zero-order valence-electron chi connectivity index (χ0n) is 14.4. The van der Waals surface area contributed by atoms with E-state index in [-0.39, 0.29) is 5.97 Å². The molecule has 0 aliphatic heterocycles. The molecule has 0 saturated heterocycles. The molecule has 3 rings (SSSR count). The van der Waals surface area contributed by atoms with Crippen LogP contribution in [0.4, 0.5) is 11.6 Å². The summed E-state index contributed by atoms with van der Waals surface area (Å²) in [5, 5.41) is 3.14. The number of hydrogen-bond acceptors (Lipinski definition) is 5. The maximum absolute atomic E-state index is 12.1. The van der Waals surface area contributed by atoms with E-state index in [9.17, 15) is 4.79 Å². The molecule has 0 bridgehead atoms. The van der Waals surface area contributed by atoms with Gasteiger partial charge in [-0.25, -0.2) is 14.8 Å². The number of nitrogens with zero attached hydrogens (tertiary/aromatic N) is 2. The highest BCUT2D eigenvalue weighted by atomic mass is 16.5. The molecule has 1 aromatic heterocycles. The molecule has 0 amide bonds. The maximum atomic E-state index is 12.1. The Morgan fingerprint density at radius 3 is 2.08 bits per heavy atom. The second-order valence-electron chi connectivity index (χ2n) is 5.88. The van der Waals surface area contributed by atoms with Crippen LogP contribution in [0.3, 0.4) is 0 Å². The van der Waals surface area contributed by atoms with Gasteiger partial charge in [-0.1, -0.05) is 17.7 Å². The predicted octanol–water partition coefficient (Wildman–Crippen LogP) is 4.36. The standard InChI is InChI=1S/C20H19N3O2/c1-13-4-6-16(7-5-13)19(24)25-18-10-8-17(9-11-18)23-20-21-14(2)12-15(3)22-20/h4-12H,1-3H3,(H,21,22,23). The lowest BCUT2D eigenvalue weighted by atomic mass is 10.1. The van der Waals surface area contributed by atoms with Crippen LogP contribution in [0, 0.1) is 20.8 Å². The molecule has 0 aliphatic rings. The van der Waals surface area contributed by atoms with E-state index in [1.807, 2.05) is 51.1 Å². The molecule has 0 fully saturated rings. The van der Waals surface area contributed by atoms with Crippen molar-refractivity contribution in [2.24, 2.45) is 0 Å². The van der Waals surface area contributed by atoms with Gasteiger partial charge < -0.3 is 10.1 Å². The lowest BCUT2D eigenvalue weighted by molar-refractivity contribution is 0.0735. The quantitative estimate of drug-likeness (QED) is 0.567. The van der Waals surface area contributed by atoms with Crippen molar-refractivity contribution in [2.45, 2.75) is 20.8 Å². The molecule has 0 spiro atoms. The van der Waals surface area contributed by atoms with Crippen LogP contribution < -0.4 is 10.1 Å². The highest BCUT2D eigenvalue weighted by Gasteiger charge is 2.08. The topological polar surface area (TPSA) is 64.1 Å². The van der Waals surface area contributed by atoms with Gasteiger partial charge in [0.2, 0.25) is 5.95 Å². The van der Waals surface area contributed by atoms with Crippen LogP contribution in [0.15, 0.2) is 54.6 Å². The Kier molecular flexibility index (Phi) is 4.75. The van der Waals surface area contributed by atoms with Crippen molar-refractivity contribution in [2.75, 3.05) is 5.32 Å². The number of carbonyl (C=O) groups is 1. The van der Waals surface area contributed by atoms with E-state index in [1.54, 1.807) is 24.3 Å². The van der Waals surface area contributed by atoms with E-state index in [0.29, 0.717) is 17.3 Å². The van der Waals surface area contributed by atoms with Crippen LogP contribution in [0.2, 0.25) is 0 Å². The Morgan fingerprint density at radius 2 is 1.48 bits per heavy atom. The van der Waals surface area contributed by atoms with Crippen LogP contribution in [0.25, 0.3) is 0 Å². The minimum atomic E-state index is -0.377. The SMILES string of the molecule is Cc1ccc(C(=O)Oc2ccc(Nc3nc(C)cc(C)n3)cc2)cc1. The van der Waals surface area contributed by atoms with Gasteiger partial charge in [-0.3, -0.25) is 0 Å². The fourth-order valence-corrected chi connectivity index (χ4v) is 2.37. The Labute approximate surface area is 146 Å². The first-order chi connectivity index (χ1) is 12.0. The van der Waals surface area contributed by atoms with Crippen molar-refractivity contribution in [1.29, 1.82) is 0 Å². The number of ether oxygens (including phenoxy) is 1. The molecular formula is C20H19N3O2. The molecule has 5 heteroatoms. The Hall–Kier alpha value is -3.21. The van der Waals surface area contributed by atoms with Crippen molar-refractivity contribution in [3.05, 3.63) is 77.1 Å². The third-order valence-electron chi connectivity index (χ3n) is 3.59. The number of nitrogens with one attached hydrogen (secondary N) is 1. The van der Waals surface area contributed by atoms with Gasteiger partial charge in [0.15, 0.2) is 0 Å². The summed E-state index contributed by atoms with van der Waals surface area (Å²) in [6.07, 6.45) is 0. The fraction of sp³-hybridized carbons (Fsp3) is 0.150. The number of hydrogen-bond donors (Lipinski definition) is 1. The second-order valence-corrected chi connectivity index (χ2v) is 5.88. The summed E-state index contributed by atoms with van der Waals surface area (Å²) in [5.74, 6) is 0.651. The molecule has 0 unspecified atom stereocenters. The molecule has 126 valence electrons. The number of carbonyl (C=O) groups excluding carboxylic acids is 1. The highest BCUT2D eigenvalue weighted by Crippen LogP contribution is 2.19. The Balaban J connectivity index is 1.67. The summed E-state index contributed by atoms with van der Waals surface area (Å²) in [5.41, 5.74) is 4.24. The smallest absolute Gasteiger partial charge is 0.343 e. The summed E-state index contributed by atoms with van der Waals surface area (Å²) < 4.78 is 5.39. The molecule has 25 heavy (non-hydrogen) atoms. The van der Waals surface area contributed by atoms with Gasteiger partial charge in [-0.05, 0) is 63.2 Å². The van der Waals surface area contributed by atoms with E-state index in [1.165, 1.54) is 0 Å². The second kappa shape index (κ2) is 7.13. The van der Waals surface area contributed by atoms with E-state index >= 15 is 0 Å². The fourth-order valence-electron chi connectivity index (χ4n) is 2.37. The summed E-state index contributed by atoms with van der Waals surface area (Å²) >= 11 is 0. The largest absolute Gasteiger partial charge is 0.423 e. The average Bonchev–Trinajstić information content (AvgIpc) is 2.56. The number of aryl methyl sites for hydroxylation is 3. The molecule has 0 radical (unpaired) electrons. The lowest BCUT2D eigenvalue weighted by Crippen LogP contribution is -2.08. The van der Waals surface area contributed by atoms with Crippen molar-refractivity contribution in [1.82, 2.24) is 9.97 Å². The van der Waals surface area contributed by atoms with Crippen molar-refractivity contribution in [3.63, 3.8) is 0 Å². The van der Waals surface area contributed by atoms with Crippen molar-refractivity contribution in [3.8, 4) is 5.75 Å². The van der Waals surface area contributed by atoms with Gasteiger partial charge in [0.25, 0.3) is 0 Å². The normalized spacial score (nSPS) is 10.4. The minimum Gasteiger partial charge on any atom is -0.423 e. The number of anilines is 2. The summed E-state index contributed by atoms with van der Waals surface area (Å²) in [7, 11) is 0. The van der Waals surface area contributed by atoms with E-state index in [4.69, 9.17) is 4.74 Å². The van der Waals surface area contributed by atoms with Gasteiger partial charge >= 0.3 is 5.97 Å². The number of esters is 1. The van der Waals surface area contributed by atoms with E-state index in [0.717, 1.165) is 22.6 Å². The third kappa shape index (κ3) is 4.41. The minimum absolute atomic E-state index is 0.377. The molecule has 0 aliphatic carbocycles. The Morgan fingerprint density at radius 1 is 0.880 bits per heavy atom. The van der Waals surface area contributed by atoms with Crippen molar-refractivity contribution < 1.29 is 9.53 Å². The summed E-state index contributed by atoms with van der Waals surface area (Å²) in [6, 6.07) is 16.3. The van der Waals surface area contributed by atoms with Crippen LogP contribution in [-0.2, 0) is 0 Å². The predicted molar refractivity (Wildman–Crippen MR) is 97.4 cm³/mol. The number of aromatic nitrogens is 2. The average molecular weight is 333 g/mol. The first kappa shape index (κ1) is 16.6. The van der Waals surface area contributed by atoms with Crippen LogP contribution >= 0.6 is 0 Å². The zero-order chi connectivity index (χ0) is 17.8. The molecule has 3 aromatic rings. The van der Waals surface area contributed by atoms with Gasteiger partial charge in [-0.2, -0.15) is 0 Å². The molecule has 0 atom stereocenters. The lowest BCUT2D eigenvalue weighted by Gasteiger charge is -2.08. The third-order valence-corrected chi connectivity index (χ3v) is 3.59. The molecule has 5 nitrogen and oxygen atoms in total. The van der Waals surface area contributed by atoms with Gasteiger partial charge in [-0.15, -0.1) is 0 Å². The number of rotatable bonds is 4. The van der Waals surface area contributed by atoms with Crippen LogP contribution in [0.5, 0.6) is 5.75 Å². The molecule has 1 heterocycles. The van der Waals surface area contributed by atoms with Crippen LogP contribution in [0.1, 0.15) is 27.3 Å². The maximum Gasteiger partial charge on any atom is 0.343 e. The molecular weight excluding hydrogens is 314 g/mol. The first-order valence-corrected chi connectivity index (χ1v) is 7.98. The number of benzene rings is 2. The molecule has 0 saturated carbocycles. The van der Waals surface area contributed by atoms with E-state index < -0.39 is 0 Å². The van der Waals surface area contributed by atoms with E-state index in [2.05, 4.69) is 15.3 Å². The van der Waals surface area contributed by atoms with Crippen LogP contribution in [-0.4, -0.2) is 15.9 Å². The van der Waals surface area contributed by atoms with Crippen molar-refractivity contribution >= 4 is 17.6 Å². The van der Waals surface area contributed by atoms with Gasteiger partial charge in [0, 0.05) is 17.1 Å². The summed E-state index contributed by atoms with van der Waals surface area (Å²) in [6.45, 7) is 5.82. The van der Waals surface area contributed by atoms with Gasteiger partial charge in [0.1, 0.15) is 5.75 Å². The monoisotopic (exact) mass is 333 g/mol. The summed E-state index contributed by atoms with van der Waals surface area (Å²) in [4.78, 5) is 20.8. The molecule has 1 N–H and O–H groups in total. The highest BCUT2D eigenvalue weighted by molar-refractivity contribution is 5.91. The Bertz CT molecular complexity index is 868.